The van der Waals surface area contributed by atoms with Crippen molar-refractivity contribution in [2.75, 3.05) is 6.61 Å². The SMILES string of the molecule is CC(C)C(=O)OCC1CC2CC1C(O)(C(F)(F)F)C2. The molecule has 110 valence electrons. The normalized spacial score (nSPS) is 37.9. The van der Waals surface area contributed by atoms with Gasteiger partial charge >= 0.3 is 12.1 Å². The lowest BCUT2D eigenvalue weighted by Gasteiger charge is -2.38. The van der Waals surface area contributed by atoms with Crippen molar-refractivity contribution in [2.45, 2.75) is 44.9 Å². The lowest BCUT2D eigenvalue weighted by Crippen LogP contribution is -2.52. The third-order valence-corrected chi connectivity index (χ3v) is 4.41. The molecule has 0 aromatic heterocycles. The molecule has 0 aliphatic heterocycles. The zero-order valence-corrected chi connectivity index (χ0v) is 11.0. The van der Waals surface area contributed by atoms with Crippen molar-refractivity contribution in [3.8, 4) is 0 Å². The fourth-order valence-electron chi connectivity index (χ4n) is 3.45. The predicted octanol–water partition coefficient (Wildman–Crippen LogP) is 2.53. The van der Waals surface area contributed by atoms with E-state index in [4.69, 9.17) is 4.74 Å². The summed E-state index contributed by atoms with van der Waals surface area (Å²) in [6, 6.07) is 0. The Labute approximate surface area is 110 Å². The maximum absolute atomic E-state index is 12.9. The Bertz CT molecular complexity index is 367. The highest BCUT2D eigenvalue weighted by atomic mass is 19.4. The van der Waals surface area contributed by atoms with E-state index in [0.29, 0.717) is 12.8 Å². The molecule has 2 bridgehead atoms. The fraction of sp³-hybridized carbons (Fsp3) is 0.923. The molecule has 2 fully saturated rings. The largest absolute Gasteiger partial charge is 0.465 e. The Morgan fingerprint density at radius 3 is 2.53 bits per heavy atom. The molecule has 2 aliphatic carbocycles. The molecule has 6 heteroatoms. The van der Waals surface area contributed by atoms with Gasteiger partial charge in [0.15, 0.2) is 5.60 Å². The highest BCUT2D eigenvalue weighted by Crippen LogP contribution is 2.59. The number of carbonyl (C=O) groups excluding carboxylic acids is 1. The maximum Gasteiger partial charge on any atom is 0.417 e. The lowest BCUT2D eigenvalue weighted by molar-refractivity contribution is -0.283. The first-order valence-electron chi connectivity index (χ1n) is 6.61. The Balaban J connectivity index is 2.01. The maximum atomic E-state index is 12.9. The molecule has 2 rings (SSSR count). The predicted molar refractivity (Wildman–Crippen MR) is 61.1 cm³/mol. The van der Waals surface area contributed by atoms with E-state index in [-0.39, 0.29) is 30.8 Å². The molecule has 0 aromatic rings. The molecule has 19 heavy (non-hydrogen) atoms. The van der Waals surface area contributed by atoms with E-state index in [1.807, 2.05) is 0 Å². The summed E-state index contributed by atoms with van der Waals surface area (Å²) in [5.74, 6) is -2.02. The van der Waals surface area contributed by atoms with Crippen molar-refractivity contribution in [1.82, 2.24) is 0 Å². The van der Waals surface area contributed by atoms with E-state index in [9.17, 15) is 23.1 Å². The highest BCUT2D eigenvalue weighted by molar-refractivity contribution is 5.71. The molecule has 0 heterocycles. The van der Waals surface area contributed by atoms with E-state index < -0.39 is 23.7 Å². The Kier molecular flexibility index (Phi) is 3.58. The smallest absolute Gasteiger partial charge is 0.417 e. The summed E-state index contributed by atoms with van der Waals surface area (Å²) in [6.45, 7) is 3.33. The Morgan fingerprint density at radius 2 is 2.05 bits per heavy atom. The van der Waals surface area contributed by atoms with Crippen LogP contribution < -0.4 is 0 Å². The first-order chi connectivity index (χ1) is 8.65. The van der Waals surface area contributed by atoms with Gasteiger partial charge in [-0.3, -0.25) is 4.79 Å². The van der Waals surface area contributed by atoms with E-state index in [1.54, 1.807) is 13.8 Å². The van der Waals surface area contributed by atoms with E-state index >= 15 is 0 Å². The van der Waals surface area contributed by atoms with Crippen molar-refractivity contribution in [3.63, 3.8) is 0 Å². The number of rotatable bonds is 3. The second-order valence-corrected chi connectivity index (χ2v) is 6.11. The van der Waals surface area contributed by atoms with Crippen LogP contribution in [0.15, 0.2) is 0 Å². The van der Waals surface area contributed by atoms with Gasteiger partial charge in [-0.2, -0.15) is 13.2 Å². The van der Waals surface area contributed by atoms with Crippen LogP contribution in [0, 0.1) is 23.7 Å². The van der Waals surface area contributed by atoms with Crippen molar-refractivity contribution in [3.05, 3.63) is 0 Å². The van der Waals surface area contributed by atoms with Crippen molar-refractivity contribution in [1.29, 1.82) is 0 Å². The minimum atomic E-state index is -4.60. The number of esters is 1. The van der Waals surface area contributed by atoms with Crippen molar-refractivity contribution < 1.29 is 27.8 Å². The molecule has 0 radical (unpaired) electrons. The molecule has 0 spiro atoms. The van der Waals surface area contributed by atoms with Gasteiger partial charge in [0.05, 0.1) is 12.5 Å². The molecule has 2 saturated carbocycles. The van der Waals surface area contributed by atoms with Crippen LogP contribution in [0.1, 0.15) is 33.1 Å². The second-order valence-electron chi connectivity index (χ2n) is 6.11. The second kappa shape index (κ2) is 4.65. The summed E-state index contributed by atoms with van der Waals surface area (Å²) in [5, 5.41) is 9.90. The first kappa shape index (κ1) is 14.6. The van der Waals surface area contributed by atoms with Crippen LogP contribution >= 0.6 is 0 Å². The molecule has 0 aromatic carbocycles. The van der Waals surface area contributed by atoms with Gasteiger partial charge in [-0.15, -0.1) is 0 Å². The number of hydrogen-bond acceptors (Lipinski definition) is 3. The molecule has 4 atom stereocenters. The summed E-state index contributed by atoms with van der Waals surface area (Å²) >= 11 is 0. The van der Waals surface area contributed by atoms with E-state index in [0.717, 1.165) is 0 Å². The van der Waals surface area contributed by atoms with Crippen molar-refractivity contribution in [2.24, 2.45) is 23.7 Å². The molecule has 2 aliphatic rings. The van der Waals surface area contributed by atoms with Crippen LogP contribution in [0.3, 0.4) is 0 Å². The Hall–Kier alpha value is -0.780. The minimum absolute atomic E-state index is 0.0173. The van der Waals surface area contributed by atoms with Gasteiger partial charge in [0, 0.05) is 5.92 Å². The summed E-state index contributed by atoms with van der Waals surface area (Å²) in [4.78, 5) is 11.4. The van der Waals surface area contributed by atoms with Gasteiger partial charge in [0.25, 0.3) is 0 Å². The van der Waals surface area contributed by atoms with Gasteiger partial charge in [-0.05, 0) is 31.1 Å². The monoisotopic (exact) mass is 280 g/mol. The van der Waals surface area contributed by atoms with Crippen LogP contribution in [0.5, 0.6) is 0 Å². The topological polar surface area (TPSA) is 46.5 Å². The van der Waals surface area contributed by atoms with Crippen LogP contribution in [-0.2, 0) is 9.53 Å². The number of halogens is 3. The molecular formula is C13H19F3O3. The summed E-state index contributed by atoms with van der Waals surface area (Å²) in [5.41, 5.74) is -2.59. The molecule has 0 amide bonds. The zero-order valence-electron chi connectivity index (χ0n) is 11.0. The number of ether oxygens (including phenoxy) is 1. The van der Waals surface area contributed by atoms with Crippen LogP contribution in [0.4, 0.5) is 13.2 Å². The zero-order chi connectivity index (χ0) is 14.4. The van der Waals surface area contributed by atoms with Crippen LogP contribution in [-0.4, -0.2) is 29.5 Å². The van der Waals surface area contributed by atoms with Crippen LogP contribution in [0.2, 0.25) is 0 Å². The molecule has 3 nitrogen and oxygen atoms in total. The van der Waals surface area contributed by atoms with E-state index in [1.165, 1.54) is 0 Å². The number of fused-ring (bicyclic) bond motifs is 2. The van der Waals surface area contributed by atoms with Crippen LogP contribution in [0.25, 0.3) is 0 Å². The quantitative estimate of drug-likeness (QED) is 0.808. The first-order valence-corrected chi connectivity index (χ1v) is 6.61. The number of hydrogen-bond donors (Lipinski definition) is 1. The van der Waals surface area contributed by atoms with E-state index in [2.05, 4.69) is 0 Å². The highest BCUT2D eigenvalue weighted by Gasteiger charge is 2.67. The van der Waals surface area contributed by atoms with Crippen molar-refractivity contribution >= 4 is 5.97 Å². The number of alkyl halides is 3. The van der Waals surface area contributed by atoms with Gasteiger partial charge < -0.3 is 9.84 Å². The molecule has 0 saturated heterocycles. The molecule has 1 N–H and O–H groups in total. The third kappa shape index (κ3) is 2.47. The molecule has 4 unspecified atom stereocenters. The third-order valence-electron chi connectivity index (χ3n) is 4.41. The fourth-order valence-corrected chi connectivity index (χ4v) is 3.45. The standard InChI is InChI=1S/C13H19F3O3/c1-7(2)11(17)19-6-9-3-8-4-10(9)12(18,5-8)13(14,15)16/h7-10,18H,3-6H2,1-2H3. The van der Waals surface area contributed by atoms with Gasteiger partial charge in [0.2, 0.25) is 0 Å². The minimum Gasteiger partial charge on any atom is -0.465 e. The average molecular weight is 280 g/mol. The lowest BCUT2D eigenvalue weighted by atomic mass is 9.77. The summed E-state index contributed by atoms with van der Waals surface area (Å²) in [6.07, 6.45) is -3.84. The van der Waals surface area contributed by atoms with Gasteiger partial charge in [-0.25, -0.2) is 0 Å². The Morgan fingerprint density at radius 1 is 1.42 bits per heavy atom. The average Bonchev–Trinajstić information content (AvgIpc) is 2.81. The summed E-state index contributed by atoms with van der Waals surface area (Å²) < 4.78 is 43.9. The van der Waals surface area contributed by atoms with Gasteiger partial charge in [-0.1, -0.05) is 13.8 Å². The molecular weight excluding hydrogens is 261 g/mol. The van der Waals surface area contributed by atoms with Gasteiger partial charge in [0.1, 0.15) is 0 Å². The number of aliphatic hydroxyl groups is 1. The number of carbonyl (C=O) groups is 1. The summed E-state index contributed by atoms with van der Waals surface area (Å²) in [7, 11) is 0.